The molecule has 0 aromatic heterocycles. The van der Waals surface area contributed by atoms with Gasteiger partial charge in [0.2, 0.25) is 5.91 Å². The minimum absolute atomic E-state index is 0.105. The van der Waals surface area contributed by atoms with E-state index in [9.17, 15) is 9.18 Å². The van der Waals surface area contributed by atoms with Crippen molar-refractivity contribution in [1.29, 1.82) is 0 Å². The van der Waals surface area contributed by atoms with Crippen molar-refractivity contribution in [2.24, 2.45) is 5.92 Å². The SMILES string of the molecule is CN1CCN(CCc2cccc(F)c2)CC12CCC(=O)N(CC1CC1)CC2. The van der Waals surface area contributed by atoms with Crippen LogP contribution in [-0.2, 0) is 11.2 Å². The number of likely N-dealkylation sites (N-methyl/N-ethyl adjacent to an activating group) is 1. The molecule has 3 fully saturated rings. The molecular formula is C22H32FN3O. The van der Waals surface area contributed by atoms with Gasteiger partial charge in [0.05, 0.1) is 0 Å². The van der Waals surface area contributed by atoms with E-state index in [0.717, 1.165) is 70.0 Å². The van der Waals surface area contributed by atoms with Gasteiger partial charge in [-0.05, 0) is 62.8 Å². The van der Waals surface area contributed by atoms with Crippen LogP contribution in [0.3, 0.4) is 0 Å². The molecule has 2 aliphatic heterocycles. The fraction of sp³-hybridized carbons (Fsp3) is 0.682. The molecule has 1 unspecified atom stereocenters. The van der Waals surface area contributed by atoms with Crippen LogP contribution in [0, 0.1) is 11.7 Å². The second kappa shape index (κ2) is 7.88. The van der Waals surface area contributed by atoms with Gasteiger partial charge in [-0.2, -0.15) is 0 Å². The van der Waals surface area contributed by atoms with E-state index in [4.69, 9.17) is 0 Å². The molecule has 1 saturated carbocycles. The zero-order valence-electron chi connectivity index (χ0n) is 16.5. The lowest BCUT2D eigenvalue weighted by molar-refractivity contribution is -0.131. The highest BCUT2D eigenvalue weighted by Gasteiger charge is 2.42. The van der Waals surface area contributed by atoms with Crippen LogP contribution >= 0.6 is 0 Å². The quantitative estimate of drug-likeness (QED) is 0.794. The summed E-state index contributed by atoms with van der Waals surface area (Å²) in [5, 5.41) is 0. The Kier molecular flexibility index (Phi) is 5.51. The Bertz CT molecular complexity index is 677. The van der Waals surface area contributed by atoms with E-state index in [1.807, 2.05) is 6.07 Å². The largest absolute Gasteiger partial charge is 0.342 e. The molecule has 148 valence electrons. The summed E-state index contributed by atoms with van der Waals surface area (Å²) in [5.41, 5.74) is 1.17. The summed E-state index contributed by atoms with van der Waals surface area (Å²) in [6.07, 6.45) is 6.17. The van der Waals surface area contributed by atoms with Crippen molar-refractivity contribution in [1.82, 2.24) is 14.7 Å². The summed E-state index contributed by atoms with van der Waals surface area (Å²) in [7, 11) is 2.23. The van der Waals surface area contributed by atoms with E-state index >= 15 is 0 Å². The number of hydrogen-bond donors (Lipinski definition) is 0. The molecule has 1 atom stereocenters. The summed E-state index contributed by atoms with van der Waals surface area (Å²) in [5.74, 6) is 0.958. The van der Waals surface area contributed by atoms with Crippen LogP contribution in [-0.4, -0.2) is 72.5 Å². The molecule has 3 aliphatic rings. The molecular weight excluding hydrogens is 341 g/mol. The third-order valence-corrected chi connectivity index (χ3v) is 6.86. The van der Waals surface area contributed by atoms with E-state index in [0.29, 0.717) is 12.3 Å². The second-order valence-electron chi connectivity index (χ2n) is 8.84. The van der Waals surface area contributed by atoms with Crippen LogP contribution in [0.5, 0.6) is 0 Å². The molecule has 27 heavy (non-hydrogen) atoms. The monoisotopic (exact) mass is 373 g/mol. The van der Waals surface area contributed by atoms with Gasteiger partial charge in [0.1, 0.15) is 5.82 Å². The summed E-state index contributed by atoms with van der Waals surface area (Å²) in [4.78, 5) is 19.7. The van der Waals surface area contributed by atoms with Gasteiger partial charge in [-0.1, -0.05) is 12.1 Å². The van der Waals surface area contributed by atoms with Crippen LogP contribution < -0.4 is 0 Å². The highest BCUT2D eigenvalue weighted by Crippen LogP contribution is 2.35. The molecule has 4 rings (SSSR count). The molecule has 1 aliphatic carbocycles. The topological polar surface area (TPSA) is 26.8 Å². The van der Waals surface area contributed by atoms with E-state index in [2.05, 4.69) is 21.7 Å². The van der Waals surface area contributed by atoms with Crippen molar-refractivity contribution in [3.8, 4) is 0 Å². The smallest absolute Gasteiger partial charge is 0.222 e. The third kappa shape index (κ3) is 4.52. The lowest BCUT2D eigenvalue weighted by atomic mass is 9.86. The van der Waals surface area contributed by atoms with Gasteiger partial charge in [0.25, 0.3) is 0 Å². The molecule has 4 nitrogen and oxygen atoms in total. The first-order chi connectivity index (χ1) is 13.0. The van der Waals surface area contributed by atoms with Gasteiger partial charge in [-0.15, -0.1) is 0 Å². The second-order valence-corrected chi connectivity index (χ2v) is 8.84. The highest BCUT2D eigenvalue weighted by atomic mass is 19.1. The predicted molar refractivity (Wildman–Crippen MR) is 105 cm³/mol. The van der Waals surface area contributed by atoms with Crippen molar-refractivity contribution in [3.63, 3.8) is 0 Å². The maximum Gasteiger partial charge on any atom is 0.222 e. The Balaban J connectivity index is 1.38. The fourth-order valence-electron chi connectivity index (χ4n) is 4.75. The van der Waals surface area contributed by atoms with Crippen LogP contribution in [0.1, 0.15) is 37.7 Å². The van der Waals surface area contributed by atoms with Crippen LogP contribution in [0.25, 0.3) is 0 Å². The fourth-order valence-corrected chi connectivity index (χ4v) is 4.75. The summed E-state index contributed by atoms with van der Waals surface area (Å²) in [6.45, 7) is 5.94. The third-order valence-electron chi connectivity index (χ3n) is 6.86. The summed E-state index contributed by atoms with van der Waals surface area (Å²) >= 11 is 0. The molecule has 0 radical (unpaired) electrons. The van der Waals surface area contributed by atoms with E-state index < -0.39 is 0 Å². The first-order valence-electron chi connectivity index (χ1n) is 10.5. The van der Waals surface area contributed by atoms with Crippen molar-refractivity contribution in [2.45, 2.75) is 44.1 Å². The first kappa shape index (κ1) is 18.9. The standard InChI is InChI=1S/C22H32FN3O/c1-24-13-14-25(11-8-18-3-2-4-20(23)15-18)17-22(24)9-7-21(27)26(12-10-22)16-19-5-6-19/h2-4,15,19H,5-14,16-17H2,1H3. The molecule has 0 bridgehead atoms. The number of carbonyl (C=O) groups is 1. The molecule has 0 N–H and O–H groups in total. The summed E-state index contributed by atoms with van der Waals surface area (Å²) < 4.78 is 13.4. The number of likely N-dealkylation sites (tertiary alicyclic amines) is 1. The zero-order chi connectivity index (χ0) is 18.9. The van der Waals surface area contributed by atoms with Gasteiger partial charge in [-0.25, -0.2) is 4.39 Å². The van der Waals surface area contributed by atoms with E-state index in [1.165, 1.54) is 18.9 Å². The van der Waals surface area contributed by atoms with Crippen molar-refractivity contribution in [3.05, 3.63) is 35.6 Å². The van der Waals surface area contributed by atoms with Crippen molar-refractivity contribution in [2.75, 3.05) is 46.3 Å². The maximum atomic E-state index is 13.4. The average Bonchev–Trinajstić information content (AvgIpc) is 3.49. The predicted octanol–water partition coefficient (Wildman–Crippen LogP) is 2.78. The Morgan fingerprint density at radius 1 is 1.19 bits per heavy atom. The number of halogens is 1. The van der Waals surface area contributed by atoms with Gasteiger partial charge in [-0.3, -0.25) is 14.6 Å². The average molecular weight is 374 g/mol. The number of piperazine rings is 1. The Morgan fingerprint density at radius 3 is 2.81 bits per heavy atom. The van der Waals surface area contributed by atoms with Crippen LogP contribution in [0.2, 0.25) is 0 Å². The lowest BCUT2D eigenvalue weighted by Gasteiger charge is -2.49. The molecule has 5 heteroatoms. The Hall–Kier alpha value is -1.46. The van der Waals surface area contributed by atoms with Gasteiger partial charge < -0.3 is 4.90 Å². The molecule has 1 aromatic carbocycles. The molecule has 1 spiro atoms. The van der Waals surface area contributed by atoms with Gasteiger partial charge in [0, 0.05) is 51.2 Å². The van der Waals surface area contributed by atoms with Gasteiger partial charge >= 0.3 is 0 Å². The number of carbonyl (C=O) groups excluding carboxylic acids is 1. The minimum atomic E-state index is -0.152. The number of nitrogens with zero attached hydrogens (tertiary/aromatic N) is 3. The number of hydrogen-bond acceptors (Lipinski definition) is 3. The number of rotatable bonds is 5. The Labute approximate surface area is 162 Å². The number of amides is 1. The van der Waals surface area contributed by atoms with Crippen molar-refractivity contribution >= 4 is 5.91 Å². The Morgan fingerprint density at radius 2 is 2.04 bits per heavy atom. The normalized spacial score (nSPS) is 27.9. The van der Waals surface area contributed by atoms with E-state index in [1.54, 1.807) is 12.1 Å². The van der Waals surface area contributed by atoms with Crippen molar-refractivity contribution < 1.29 is 9.18 Å². The molecule has 1 amide bonds. The van der Waals surface area contributed by atoms with Crippen LogP contribution in [0.15, 0.2) is 24.3 Å². The van der Waals surface area contributed by atoms with Crippen LogP contribution in [0.4, 0.5) is 4.39 Å². The first-order valence-corrected chi connectivity index (χ1v) is 10.5. The van der Waals surface area contributed by atoms with E-state index in [-0.39, 0.29) is 11.4 Å². The van der Waals surface area contributed by atoms with Gasteiger partial charge in [0.15, 0.2) is 0 Å². The highest BCUT2D eigenvalue weighted by molar-refractivity contribution is 5.76. The molecule has 2 heterocycles. The minimum Gasteiger partial charge on any atom is -0.342 e. The maximum absolute atomic E-state index is 13.4. The number of benzene rings is 1. The summed E-state index contributed by atoms with van der Waals surface area (Å²) in [6, 6.07) is 6.95. The molecule has 1 aromatic rings. The molecule has 2 saturated heterocycles. The lowest BCUT2D eigenvalue weighted by Crippen LogP contribution is -2.61. The zero-order valence-corrected chi connectivity index (χ0v) is 16.5.